The lowest BCUT2D eigenvalue weighted by Gasteiger charge is -2.31. The van der Waals surface area contributed by atoms with Crippen molar-refractivity contribution in [1.82, 2.24) is 4.90 Å². The molecular formula is C15H16FNO3. The molecule has 2 rings (SSSR count). The van der Waals surface area contributed by atoms with E-state index >= 15 is 0 Å². The number of esters is 1. The third-order valence-electron chi connectivity index (χ3n) is 3.68. The van der Waals surface area contributed by atoms with Crippen molar-refractivity contribution in [3.8, 4) is 0 Å². The van der Waals surface area contributed by atoms with Crippen molar-refractivity contribution >= 4 is 11.9 Å². The molecule has 0 saturated carbocycles. The van der Waals surface area contributed by atoms with Crippen LogP contribution in [-0.2, 0) is 14.3 Å². The van der Waals surface area contributed by atoms with Gasteiger partial charge in [-0.1, -0.05) is 18.2 Å². The van der Waals surface area contributed by atoms with Crippen LogP contribution in [0.5, 0.6) is 0 Å². The lowest BCUT2D eigenvalue weighted by atomic mass is 9.83. The Labute approximate surface area is 116 Å². The summed E-state index contributed by atoms with van der Waals surface area (Å²) in [6.07, 6.45) is 0.0548. The molecule has 0 unspecified atom stereocenters. The maximum atomic E-state index is 14.0. The molecule has 20 heavy (non-hydrogen) atoms. The SMILES string of the molecule is COC(=O)C1=C(C)N(C)C(=O)C[C@H]1c1ccccc1F. The molecule has 0 radical (unpaired) electrons. The molecule has 0 bridgehead atoms. The first kappa shape index (κ1) is 14.2. The van der Waals surface area contributed by atoms with Gasteiger partial charge in [0.2, 0.25) is 5.91 Å². The molecule has 5 heteroatoms. The molecule has 0 aromatic heterocycles. The Morgan fingerprint density at radius 3 is 2.65 bits per heavy atom. The summed E-state index contributed by atoms with van der Waals surface area (Å²) < 4.78 is 18.7. The van der Waals surface area contributed by atoms with E-state index in [9.17, 15) is 14.0 Å². The molecule has 106 valence electrons. The molecule has 1 amide bonds. The lowest BCUT2D eigenvalue weighted by Crippen LogP contribution is -2.35. The molecule has 1 aliphatic heterocycles. The third kappa shape index (κ3) is 2.31. The van der Waals surface area contributed by atoms with Crippen LogP contribution >= 0.6 is 0 Å². The van der Waals surface area contributed by atoms with Gasteiger partial charge >= 0.3 is 5.97 Å². The van der Waals surface area contributed by atoms with Crippen LogP contribution in [0.25, 0.3) is 0 Å². The first-order valence-electron chi connectivity index (χ1n) is 6.27. The number of amides is 1. The number of nitrogens with zero attached hydrogens (tertiary/aromatic N) is 1. The van der Waals surface area contributed by atoms with E-state index in [1.54, 1.807) is 32.2 Å². The van der Waals surface area contributed by atoms with Crippen molar-refractivity contribution in [3.05, 3.63) is 46.9 Å². The van der Waals surface area contributed by atoms with Gasteiger partial charge in [0.15, 0.2) is 0 Å². The van der Waals surface area contributed by atoms with Crippen LogP contribution in [-0.4, -0.2) is 30.9 Å². The summed E-state index contributed by atoms with van der Waals surface area (Å²) in [4.78, 5) is 25.4. The summed E-state index contributed by atoms with van der Waals surface area (Å²) in [5.74, 6) is -1.71. The monoisotopic (exact) mass is 277 g/mol. The van der Waals surface area contributed by atoms with Gasteiger partial charge in [0.05, 0.1) is 12.7 Å². The van der Waals surface area contributed by atoms with Crippen LogP contribution < -0.4 is 0 Å². The summed E-state index contributed by atoms with van der Waals surface area (Å²) in [6, 6.07) is 6.17. The molecular weight excluding hydrogens is 261 g/mol. The van der Waals surface area contributed by atoms with Gasteiger partial charge < -0.3 is 9.64 Å². The van der Waals surface area contributed by atoms with Gasteiger partial charge in [0.25, 0.3) is 0 Å². The number of halogens is 1. The Kier molecular flexibility index (Phi) is 3.88. The number of rotatable bonds is 2. The molecule has 1 heterocycles. The van der Waals surface area contributed by atoms with Crippen molar-refractivity contribution in [2.75, 3.05) is 14.2 Å². The molecule has 0 spiro atoms. The average Bonchev–Trinajstić information content (AvgIpc) is 2.44. The normalized spacial score (nSPS) is 19.3. The standard InChI is InChI=1S/C15H16FNO3/c1-9-14(15(19)20-3)11(8-13(18)17(9)2)10-6-4-5-7-12(10)16/h4-7,11H,8H2,1-3H3/t11-/m0/s1. The maximum Gasteiger partial charge on any atom is 0.336 e. The van der Waals surface area contributed by atoms with Crippen LogP contribution in [0.3, 0.4) is 0 Å². The van der Waals surface area contributed by atoms with E-state index < -0.39 is 17.7 Å². The van der Waals surface area contributed by atoms with Crippen molar-refractivity contribution < 1.29 is 18.7 Å². The number of carbonyl (C=O) groups is 2. The molecule has 0 saturated heterocycles. The summed E-state index contributed by atoms with van der Waals surface area (Å²) in [6.45, 7) is 1.66. The van der Waals surface area contributed by atoms with Crippen LogP contribution in [0.2, 0.25) is 0 Å². The molecule has 4 nitrogen and oxygen atoms in total. The minimum absolute atomic E-state index is 0.0548. The van der Waals surface area contributed by atoms with Gasteiger partial charge in [0.1, 0.15) is 5.82 Å². The van der Waals surface area contributed by atoms with E-state index in [0.29, 0.717) is 16.8 Å². The van der Waals surface area contributed by atoms with Gasteiger partial charge in [-0.3, -0.25) is 4.79 Å². The highest BCUT2D eigenvalue weighted by atomic mass is 19.1. The van der Waals surface area contributed by atoms with Gasteiger partial charge in [-0.2, -0.15) is 0 Å². The second-order valence-electron chi connectivity index (χ2n) is 4.72. The van der Waals surface area contributed by atoms with Gasteiger partial charge in [0, 0.05) is 25.1 Å². The average molecular weight is 277 g/mol. The fourth-order valence-corrected chi connectivity index (χ4v) is 2.46. The number of ether oxygens (including phenoxy) is 1. The zero-order chi connectivity index (χ0) is 14.9. The largest absolute Gasteiger partial charge is 0.466 e. The Morgan fingerprint density at radius 1 is 1.40 bits per heavy atom. The number of hydrogen-bond acceptors (Lipinski definition) is 3. The highest BCUT2D eigenvalue weighted by Crippen LogP contribution is 2.37. The molecule has 1 aliphatic rings. The van der Waals surface area contributed by atoms with Crippen molar-refractivity contribution in [1.29, 1.82) is 0 Å². The Morgan fingerprint density at radius 2 is 2.05 bits per heavy atom. The second-order valence-corrected chi connectivity index (χ2v) is 4.72. The van der Waals surface area contributed by atoms with Gasteiger partial charge in [-0.15, -0.1) is 0 Å². The molecule has 1 atom stereocenters. The number of hydrogen-bond donors (Lipinski definition) is 0. The zero-order valence-corrected chi connectivity index (χ0v) is 11.6. The van der Waals surface area contributed by atoms with E-state index in [1.165, 1.54) is 18.1 Å². The van der Waals surface area contributed by atoms with Gasteiger partial charge in [-0.05, 0) is 18.6 Å². The smallest absolute Gasteiger partial charge is 0.336 e. The molecule has 0 fully saturated rings. The molecule has 0 aliphatic carbocycles. The van der Waals surface area contributed by atoms with Crippen molar-refractivity contribution in [3.63, 3.8) is 0 Å². The summed E-state index contributed by atoms with van der Waals surface area (Å²) in [5, 5.41) is 0. The van der Waals surface area contributed by atoms with E-state index in [2.05, 4.69) is 0 Å². The minimum Gasteiger partial charge on any atom is -0.466 e. The molecule has 1 aromatic rings. The Bertz CT molecular complexity index is 595. The predicted molar refractivity (Wildman–Crippen MR) is 71.2 cm³/mol. The first-order chi connectivity index (χ1) is 9.47. The second kappa shape index (κ2) is 5.45. The quantitative estimate of drug-likeness (QED) is 0.779. The highest BCUT2D eigenvalue weighted by Gasteiger charge is 2.36. The van der Waals surface area contributed by atoms with E-state index in [-0.39, 0.29) is 12.3 Å². The number of allylic oxidation sites excluding steroid dienone is 1. The Balaban J connectivity index is 2.58. The Hall–Kier alpha value is -2.17. The summed E-state index contributed by atoms with van der Waals surface area (Å²) >= 11 is 0. The molecule has 1 aromatic carbocycles. The summed E-state index contributed by atoms with van der Waals surface area (Å²) in [7, 11) is 2.87. The number of carbonyl (C=O) groups excluding carboxylic acids is 2. The highest BCUT2D eigenvalue weighted by molar-refractivity contribution is 5.95. The van der Waals surface area contributed by atoms with Crippen LogP contribution in [0.15, 0.2) is 35.5 Å². The van der Waals surface area contributed by atoms with Crippen molar-refractivity contribution in [2.45, 2.75) is 19.3 Å². The summed E-state index contributed by atoms with van der Waals surface area (Å²) in [5.41, 5.74) is 1.18. The zero-order valence-electron chi connectivity index (χ0n) is 11.6. The number of benzene rings is 1. The van der Waals surface area contributed by atoms with Crippen LogP contribution in [0, 0.1) is 5.82 Å². The third-order valence-corrected chi connectivity index (χ3v) is 3.68. The van der Waals surface area contributed by atoms with Crippen LogP contribution in [0.1, 0.15) is 24.8 Å². The predicted octanol–water partition coefficient (Wildman–Crippen LogP) is 2.22. The minimum atomic E-state index is -0.604. The lowest BCUT2D eigenvalue weighted by molar-refractivity contribution is -0.137. The molecule has 0 N–H and O–H groups in total. The fraction of sp³-hybridized carbons (Fsp3) is 0.333. The van der Waals surface area contributed by atoms with Gasteiger partial charge in [-0.25, -0.2) is 9.18 Å². The van der Waals surface area contributed by atoms with E-state index in [4.69, 9.17) is 4.74 Å². The topological polar surface area (TPSA) is 46.6 Å². The number of methoxy groups -OCH3 is 1. The van der Waals surface area contributed by atoms with Crippen LogP contribution in [0.4, 0.5) is 4.39 Å². The first-order valence-corrected chi connectivity index (χ1v) is 6.27. The van der Waals surface area contributed by atoms with E-state index in [0.717, 1.165) is 0 Å². The van der Waals surface area contributed by atoms with E-state index in [1.807, 2.05) is 0 Å². The fourth-order valence-electron chi connectivity index (χ4n) is 2.46. The van der Waals surface area contributed by atoms with Crippen molar-refractivity contribution in [2.24, 2.45) is 0 Å². The maximum absolute atomic E-state index is 14.0.